The van der Waals surface area contributed by atoms with Crippen molar-refractivity contribution in [2.75, 3.05) is 0 Å². The number of carboxylic acids is 1. The van der Waals surface area contributed by atoms with Crippen LogP contribution in [-0.2, 0) is 11.3 Å². The molecule has 0 aliphatic heterocycles. The van der Waals surface area contributed by atoms with Crippen LogP contribution in [0.15, 0.2) is 24.3 Å². The van der Waals surface area contributed by atoms with Crippen molar-refractivity contribution in [3.05, 3.63) is 35.4 Å². The van der Waals surface area contributed by atoms with Crippen molar-refractivity contribution in [1.29, 1.82) is 0 Å². The molecule has 1 fully saturated rings. The largest absolute Gasteiger partial charge is 0.478 e. The SMILES string of the molecule is CC1(C)CCC(OCc2cccc(C(=O)O)c2)CC1. The molecule has 0 aromatic heterocycles. The van der Waals surface area contributed by atoms with E-state index in [4.69, 9.17) is 9.84 Å². The van der Waals surface area contributed by atoms with Crippen molar-refractivity contribution in [3.8, 4) is 0 Å². The standard InChI is InChI=1S/C16H22O3/c1-16(2)8-6-14(7-9-16)19-11-12-4-3-5-13(10-12)15(17)18/h3-5,10,14H,6-9,11H2,1-2H3,(H,17,18). The Balaban J connectivity index is 1.86. The van der Waals surface area contributed by atoms with Gasteiger partial charge in [-0.1, -0.05) is 26.0 Å². The van der Waals surface area contributed by atoms with E-state index in [9.17, 15) is 4.79 Å². The van der Waals surface area contributed by atoms with Gasteiger partial charge in [-0.15, -0.1) is 0 Å². The van der Waals surface area contributed by atoms with Crippen LogP contribution in [-0.4, -0.2) is 17.2 Å². The summed E-state index contributed by atoms with van der Waals surface area (Å²) < 4.78 is 5.90. The summed E-state index contributed by atoms with van der Waals surface area (Å²) in [6.45, 7) is 5.12. The molecule has 1 N–H and O–H groups in total. The van der Waals surface area contributed by atoms with E-state index in [1.165, 1.54) is 12.8 Å². The number of aromatic carboxylic acids is 1. The van der Waals surface area contributed by atoms with E-state index in [0.717, 1.165) is 18.4 Å². The first-order valence-corrected chi connectivity index (χ1v) is 6.90. The molecule has 1 saturated carbocycles. The van der Waals surface area contributed by atoms with Crippen LogP contribution in [0.2, 0.25) is 0 Å². The third kappa shape index (κ3) is 4.06. The third-order valence-electron chi connectivity index (χ3n) is 3.95. The van der Waals surface area contributed by atoms with Gasteiger partial charge in [-0.2, -0.15) is 0 Å². The van der Waals surface area contributed by atoms with E-state index in [2.05, 4.69) is 13.8 Å². The number of benzene rings is 1. The minimum Gasteiger partial charge on any atom is -0.478 e. The molecule has 0 amide bonds. The lowest BCUT2D eigenvalue weighted by atomic mass is 9.76. The van der Waals surface area contributed by atoms with Crippen LogP contribution in [0.1, 0.15) is 55.5 Å². The Labute approximate surface area is 114 Å². The lowest BCUT2D eigenvalue weighted by Crippen LogP contribution is -2.26. The minimum atomic E-state index is -0.888. The van der Waals surface area contributed by atoms with Crippen LogP contribution >= 0.6 is 0 Å². The molecule has 2 rings (SSSR count). The molecule has 1 aliphatic rings. The highest BCUT2D eigenvalue weighted by Crippen LogP contribution is 2.36. The fourth-order valence-corrected chi connectivity index (χ4v) is 2.55. The molecular formula is C16H22O3. The lowest BCUT2D eigenvalue weighted by molar-refractivity contribution is -0.00560. The van der Waals surface area contributed by atoms with Gasteiger partial charge in [0.25, 0.3) is 0 Å². The van der Waals surface area contributed by atoms with Gasteiger partial charge in [0.15, 0.2) is 0 Å². The summed E-state index contributed by atoms with van der Waals surface area (Å²) in [6, 6.07) is 6.98. The Morgan fingerprint density at radius 3 is 2.68 bits per heavy atom. The topological polar surface area (TPSA) is 46.5 Å². The highest BCUT2D eigenvalue weighted by molar-refractivity contribution is 5.87. The monoisotopic (exact) mass is 262 g/mol. The Kier molecular flexibility index (Phi) is 4.25. The number of hydrogen-bond acceptors (Lipinski definition) is 2. The first kappa shape index (κ1) is 14.1. The van der Waals surface area contributed by atoms with Gasteiger partial charge in [-0.3, -0.25) is 0 Å². The molecule has 0 unspecified atom stereocenters. The number of hydrogen-bond donors (Lipinski definition) is 1. The molecule has 1 aromatic rings. The molecule has 1 aliphatic carbocycles. The first-order valence-electron chi connectivity index (χ1n) is 6.90. The lowest BCUT2D eigenvalue weighted by Gasteiger charge is -2.34. The summed E-state index contributed by atoms with van der Waals surface area (Å²) in [5.74, 6) is -0.888. The van der Waals surface area contributed by atoms with Crippen molar-refractivity contribution in [1.82, 2.24) is 0 Å². The average molecular weight is 262 g/mol. The summed E-state index contributed by atoms with van der Waals surface area (Å²) in [5, 5.41) is 8.94. The summed E-state index contributed by atoms with van der Waals surface area (Å²) in [6.07, 6.45) is 4.93. The highest BCUT2D eigenvalue weighted by Gasteiger charge is 2.27. The van der Waals surface area contributed by atoms with E-state index in [1.54, 1.807) is 18.2 Å². The molecule has 0 bridgehead atoms. The quantitative estimate of drug-likeness (QED) is 0.896. The van der Waals surface area contributed by atoms with Crippen molar-refractivity contribution in [2.45, 2.75) is 52.2 Å². The second kappa shape index (κ2) is 5.74. The maximum absolute atomic E-state index is 10.9. The van der Waals surface area contributed by atoms with E-state index in [1.807, 2.05) is 6.07 Å². The van der Waals surface area contributed by atoms with Gasteiger partial charge >= 0.3 is 5.97 Å². The Morgan fingerprint density at radius 2 is 2.05 bits per heavy atom. The second-order valence-electron chi connectivity index (χ2n) is 6.18. The minimum absolute atomic E-state index is 0.321. The number of ether oxygens (including phenoxy) is 1. The van der Waals surface area contributed by atoms with Gasteiger partial charge in [0, 0.05) is 0 Å². The van der Waals surface area contributed by atoms with Crippen molar-refractivity contribution in [2.24, 2.45) is 5.41 Å². The molecule has 0 saturated heterocycles. The Bertz CT molecular complexity index is 441. The van der Waals surface area contributed by atoms with Crippen molar-refractivity contribution < 1.29 is 14.6 Å². The average Bonchev–Trinajstić information content (AvgIpc) is 2.38. The van der Waals surface area contributed by atoms with Gasteiger partial charge in [0.2, 0.25) is 0 Å². The van der Waals surface area contributed by atoms with Crippen molar-refractivity contribution in [3.63, 3.8) is 0 Å². The van der Waals surface area contributed by atoms with Crippen LogP contribution in [0.3, 0.4) is 0 Å². The molecule has 3 heteroatoms. The van der Waals surface area contributed by atoms with Crippen LogP contribution in [0.4, 0.5) is 0 Å². The molecular weight excluding hydrogens is 240 g/mol. The molecule has 1 aromatic carbocycles. The van der Waals surface area contributed by atoms with Gasteiger partial charge in [0.1, 0.15) is 0 Å². The smallest absolute Gasteiger partial charge is 0.335 e. The predicted molar refractivity (Wildman–Crippen MR) is 74.2 cm³/mol. The van der Waals surface area contributed by atoms with Crippen LogP contribution in [0.25, 0.3) is 0 Å². The van der Waals surface area contributed by atoms with E-state index in [-0.39, 0.29) is 0 Å². The zero-order chi connectivity index (χ0) is 13.9. The Hall–Kier alpha value is -1.35. The van der Waals surface area contributed by atoms with Gasteiger partial charge in [0.05, 0.1) is 18.3 Å². The van der Waals surface area contributed by atoms with Gasteiger partial charge < -0.3 is 9.84 Å². The maximum atomic E-state index is 10.9. The molecule has 0 spiro atoms. The third-order valence-corrected chi connectivity index (χ3v) is 3.95. The molecule has 0 heterocycles. The van der Waals surface area contributed by atoms with Crippen LogP contribution in [0, 0.1) is 5.41 Å². The van der Waals surface area contributed by atoms with E-state index >= 15 is 0 Å². The van der Waals surface area contributed by atoms with Gasteiger partial charge in [-0.05, 0) is 48.8 Å². The summed E-state index contributed by atoms with van der Waals surface area (Å²) in [4.78, 5) is 10.9. The van der Waals surface area contributed by atoms with E-state index < -0.39 is 5.97 Å². The number of carboxylic acid groups (broad SMARTS) is 1. The predicted octanol–water partition coefficient (Wildman–Crippen LogP) is 3.87. The van der Waals surface area contributed by atoms with E-state index in [0.29, 0.717) is 23.7 Å². The first-order chi connectivity index (χ1) is 8.96. The zero-order valence-corrected chi connectivity index (χ0v) is 11.7. The zero-order valence-electron chi connectivity index (χ0n) is 11.7. The molecule has 0 radical (unpaired) electrons. The summed E-state index contributed by atoms with van der Waals surface area (Å²) >= 11 is 0. The molecule has 0 atom stereocenters. The highest BCUT2D eigenvalue weighted by atomic mass is 16.5. The molecule has 104 valence electrons. The normalized spacial score (nSPS) is 19.3. The van der Waals surface area contributed by atoms with Crippen LogP contribution < -0.4 is 0 Å². The van der Waals surface area contributed by atoms with Gasteiger partial charge in [-0.25, -0.2) is 4.79 Å². The second-order valence-corrected chi connectivity index (χ2v) is 6.18. The Morgan fingerprint density at radius 1 is 1.37 bits per heavy atom. The fourth-order valence-electron chi connectivity index (χ4n) is 2.55. The van der Waals surface area contributed by atoms with Crippen LogP contribution in [0.5, 0.6) is 0 Å². The molecule has 3 nitrogen and oxygen atoms in total. The molecule has 19 heavy (non-hydrogen) atoms. The number of rotatable bonds is 4. The van der Waals surface area contributed by atoms with Crippen molar-refractivity contribution >= 4 is 5.97 Å². The summed E-state index contributed by atoms with van der Waals surface area (Å²) in [5.41, 5.74) is 1.71. The maximum Gasteiger partial charge on any atom is 0.335 e. The summed E-state index contributed by atoms with van der Waals surface area (Å²) in [7, 11) is 0. The fraction of sp³-hybridized carbons (Fsp3) is 0.562. The number of carbonyl (C=O) groups is 1.